The fourth-order valence-electron chi connectivity index (χ4n) is 2.84. The third kappa shape index (κ3) is 4.67. The second kappa shape index (κ2) is 8.86. The smallest absolute Gasteiger partial charge is 0.191 e. The molecule has 0 saturated carbocycles. The van der Waals surface area contributed by atoms with Gasteiger partial charge in [-0.3, -0.25) is 9.98 Å². The van der Waals surface area contributed by atoms with Crippen molar-refractivity contribution < 1.29 is 0 Å². The van der Waals surface area contributed by atoms with Crippen molar-refractivity contribution in [1.29, 1.82) is 0 Å². The number of aromatic nitrogens is 1. The minimum absolute atomic E-state index is 0. The molecule has 1 aliphatic rings. The van der Waals surface area contributed by atoms with E-state index in [1.165, 1.54) is 11.1 Å². The lowest BCUT2D eigenvalue weighted by Gasteiger charge is -2.30. The van der Waals surface area contributed by atoms with E-state index in [1.54, 1.807) is 0 Å². The maximum atomic E-state index is 4.32. The Kier molecular flexibility index (Phi) is 6.83. The van der Waals surface area contributed by atoms with Gasteiger partial charge in [0.25, 0.3) is 0 Å². The van der Waals surface area contributed by atoms with Gasteiger partial charge in [-0.2, -0.15) is 0 Å². The average Bonchev–Trinajstić information content (AvgIpc) is 2.55. The van der Waals surface area contributed by atoms with E-state index in [9.17, 15) is 0 Å². The Labute approximate surface area is 154 Å². The third-order valence-corrected chi connectivity index (χ3v) is 4.10. The van der Waals surface area contributed by atoms with E-state index in [1.807, 2.05) is 31.4 Å². The van der Waals surface area contributed by atoms with Crippen LogP contribution >= 0.6 is 24.0 Å². The summed E-state index contributed by atoms with van der Waals surface area (Å²) in [6.45, 7) is 1.76. The predicted octanol–water partition coefficient (Wildman–Crippen LogP) is 2.75. The quantitative estimate of drug-likeness (QED) is 0.443. The monoisotopic (exact) mass is 422 g/mol. The van der Waals surface area contributed by atoms with E-state index in [-0.39, 0.29) is 24.0 Å². The summed E-state index contributed by atoms with van der Waals surface area (Å²) in [6.07, 6.45) is 3.89. The summed E-state index contributed by atoms with van der Waals surface area (Å²) in [5, 5.41) is 6.76. The molecule has 4 nitrogen and oxygen atoms in total. The van der Waals surface area contributed by atoms with Gasteiger partial charge in [-0.25, -0.2) is 0 Å². The first-order valence-electron chi connectivity index (χ1n) is 7.79. The molecule has 0 saturated heterocycles. The van der Waals surface area contributed by atoms with Crippen LogP contribution in [0, 0.1) is 0 Å². The molecule has 1 unspecified atom stereocenters. The van der Waals surface area contributed by atoms with Gasteiger partial charge in [-0.05, 0) is 29.7 Å². The minimum Gasteiger partial charge on any atom is -0.356 e. The molecule has 1 atom stereocenters. The summed E-state index contributed by atoms with van der Waals surface area (Å²) >= 11 is 0. The second-order valence-electron chi connectivity index (χ2n) is 5.55. The Morgan fingerprint density at radius 2 is 2.00 bits per heavy atom. The maximum absolute atomic E-state index is 4.32. The molecule has 5 heteroatoms. The summed E-state index contributed by atoms with van der Waals surface area (Å²) in [6, 6.07) is 14.7. The topological polar surface area (TPSA) is 49.3 Å². The average molecular weight is 422 g/mol. The molecule has 1 aromatic carbocycles. The Hall–Kier alpha value is -1.63. The Morgan fingerprint density at radius 1 is 1.17 bits per heavy atom. The zero-order valence-electron chi connectivity index (χ0n) is 13.3. The van der Waals surface area contributed by atoms with Crippen LogP contribution in [0.1, 0.15) is 22.7 Å². The van der Waals surface area contributed by atoms with Crippen LogP contribution in [-0.2, 0) is 12.8 Å². The molecular formula is C18H23IN4. The number of benzene rings is 1. The molecule has 2 aromatic rings. The Morgan fingerprint density at radius 3 is 2.74 bits per heavy atom. The molecule has 0 fully saturated rings. The van der Waals surface area contributed by atoms with Crippen molar-refractivity contribution in [1.82, 2.24) is 15.6 Å². The van der Waals surface area contributed by atoms with Crippen molar-refractivity contribution in [2.24, 2.45) is 4.99 Å². The molecule has 3 rings (SSSR count). The summed E-state index contributed by atoms with van der Waals surface area (Å²) in [5.41, 5.74) is 4.05. The number of hydrogen-bond acceptors (Lipinski definition) is 2. The number of fused-ring (bicyclic) bond motifs is 1. The van der Waals surface area contributed by atoms with Crippen LogP contribution in [0.5, 0.6) is 0 Å². The summed E-state index contributed by atoms with van der Waals surface area (Å²) in [4.78, 5) is 8.60. The van der Waals surface area contributed by atoms with Crippen LogP contribution in [-0.4, -0.2) is 31.1 Å². The van der Waals surface area contributed by atoms with E-state index in [0.29, 0.717) is 5.92 Å². The van der Waals surface area contributed by atoms with Crippen molar-refractivity contribution in [3.8, 4) is 0 Å². The zero-order valence-corrected chi connectivity index (χ0v) is 15.7. The Balaban J connectivity index is 0.00000192. The molecule has 0 spiro atoms. The number of rotatable bonds is 5. The van der Waals surface area contributed by atoms with Crippen molar-refractivity contribution in [2.75, 3.05) is 20.1 Å². The van der Waals surface area contributed by atoms with E-state index >= 15 is 0 Å². The summed E-state index contributed by atoms with van der Waals surface area (Å²) in [7, 11) is 1.81. The molecule has 0 aliphatic heterocycles. The van der Waals surface area contributed by atoms with Crippen molar-refractivity contribution in [3.63, 3.8) is 0 Å². The first-order chi connectivity index (χ1) is 10.9. The number of aliphatic imine (C=N–C) groups is 1. The van der Waals surface area contributed by atoms with E-state index < -0.39 is 0 Å². The van der Waals surface area contributed by atoms with Gasteiger partial charge in [0.1, 0.15) is 0 Å². The maximum Gasteiger partial charge on any atom is 0.191 e. The fourth-order valence-corrected chi connectivity index (χ4v) is 2.84. The molecular weight excluding hydrogens is 399 g/mol. The highest BCUT2D eigenvalue weighted by Crippen LogP contribution is 2.33. The van der Waals surface area contributed by atoms with Gasteiger partial charge in [-0.1, -0.05) is 30.3 Å². The Bertz CT molecular complexity index is 642. The normalized spacial score (nSPS) is 15.9. The van der Waals surface area contributed by atoms with E-state index in [0.717, 1.165) is 37.6 Å². The molecule has 0 bridgehead atoms. The fraction of sp³-hybridized carbons (Fsp3) is 0.333. The van der Waals surface area contributed by atoms with Gasteiger partial charge in [0.15, 0.2) is 5.96 Å². The number of nitrogens with one attached hydrogen (secondary N) is 2. The molecule has 2 N–H and O–H groups in total. The molecule has 122 valence electrons. The molecule has 1 heterocycles. The number of nitrogens with zero attached hydrogens (tertiary/aromatic N) is 2. The van der Waals surface area contributed by atoms with Gasteiger partial charge < -0.3 is 10.6 Å². The number of pyridine rings is 1. The van der Waals surface area contributed by atoms with Crippen LogP contribution in [0.4, 0.5) is 0 Å². The highest BCUT2D eigenvalue weighted by Gasteiger charge is 2.25. The number of hydrogen-bond donors (Lipinski definition) is 2. The van der Waals surface area contributed by atoms with Gasteiger partial charge in [0, 0.05) is 44.4 Å². The van der Waals surface area contributed by atoms with Crippen molar-refractivity contribution >= 4 is 29.9 Å². The predicted molar refractivity (Wildman–Crippen MR) is 106 cm³/mol. The lowest BCUT2D eigenvalue weighted by atomic mass is 9.78. The molecule has 23 heavy (non-hydrogen) atoms. The third-order valence-electron chi connectivity index (χ3n) is 4.10. The zero-order chi connectivity index (χ0) is 15.2. The van der Waals surface area contributed by atoms with Gasteiger partial charge >= 0.3 is 0 Å². The van der Waals surface area contributed by atoms with Crippen molar-refractivity contribution in [3.05, 3.63) is 65.5 Å². The van der Waals surface area contributed by atoms with E-state index in [2.05, 4.69) is 44.9 Å². The number of guanidine groups is 1. The summed E-state index contributed by atoms with van der Waals surface area (Å²) in [5.74, 6) is 1.46. The highest BCUT2D eigenvalue weighted by molar-refractivity contribution is 14.0. The van der Waals surface area contributed by atoms with Crippen LogP contribution < -0.4 is 10.6 Å². The molecule has 0 radical (unpaired) electrons. The standard InChI is InChI=1S/C18H22N4.HI/c1-19-18(21-11-9-16-7-4-5-10-20-16)22-13-15-12-14-6-2-3-8-17(14)15;/h2-8,10,15H,9,11-13H2,1H3,(H2,19,21,22);1H. The van der Waals surface area contributed by atoms with Gasteiger partial charge in [0.05, 0.1) is 0 Å². The van der Waals surface area contributed by atoms with Crippen LogP contribution in [0.15, 0.2) is 53.7 Å². The molecule has 1 aliphatic carbocycles. The van der Waals surface area contributed by atoms with Gasteiger partial charge in [0.2, 0.25) is 0 Å². The second-order valence-corrected chi connectivity index (χ2v) is 5.55. The van der Waals surface area contributed by atoms with Gasteiger partial charge in [-0.15, -0.1) is 24.0 Å². The van der Waals surface area contributed by atoms with Crippen LogP contribution in [0.3, 0.4) is 0 Å². The summed E-state index contributed by atoms with van der Waals surface area (Å²) < 4.78 is 0. The SMILES string of the molecule is CN=C(NCCc1ccccn1)NCC1Cc2ccccc21.I. The molecule has 1 aromatic heterocycles. The van der Waals surface area contributed by atoms with Crippen molar-refractivity contribution in [2.45, 2.75) is 18.8 Å². The first-order valence-corrected chi connectivity index (χ1v) is 7.79. The first kappa shape index (κ1) is 17.7. The number of halogens is 1. The van der Waals surface area contributed by atoms with E-state index in [4.69, 9.17) is 0 Å². The highest BCUT2D eigenvalue weighted by atomic mass is 127. The lowest BCUT2D eigenvalue weighted by Crippen LogP contribution is -2.41. The van der Waals surface area contributed by atoms with Crippen LogP contribution in [0.2, 0.25) is 0 Å². The van der Waals surface area contributed by atoms with Crippen LogP contribution in [0.25, 0.3) is 0 Å². The minimum atomic E-state index is 0. The lowest BCUT2D eigenvalue weighted by molar-refractivity contribution is 0.584. The largest absolute Gasteiger partial charge is 0.356 e. The molecule has 0 amide bonds.